The Kier molecular flexibility index (Phi) is 4.94. The SMILES string of the molecule is NC(=S)N/N=C(/C/C=N/O)c1ccccc1. The fourth-order valence-corrected chi connectivity index (χ4v) is 1.15. The lowest BCUT2D eigenvalue weighted by molar-refractivity contribution is 0.321. The van der Waals surface area contributed by atoms with Crippen LogP contribution in [0.1, 0.15) is 12.0 Å². The monoisotopic (exact) mass is 236 g/mol. The van der Waals surface area contributed by atoms with E-state index >= 15 is 0 Å². The summed E-state index contributed by atoms with van der Waals surface area (Å²) in [5.41, 5.74) is 9.38. The average molecular weight is 236 g/mol. The maximum absolute atomic E-state index is 8.38. The molecule has 6 heteroatoms. The molecular formula is C10H12N4OS. The number of thiocarbonyl (C=S) groups is 1. The molecule has 5 nitrogen and oxygen atoms in total. The topological polar surface area (TPSA) is 83.0 Å². The van der Waals surface area contributed by atoms with E-state index in [1.165, 1.54) is 6.21 Å². The van der Waals surface area contributed by atoms with E-state index in [1.807, 2.05) is 30.3 Å². The second-order valence-corrected chi connectivity index (χ2v) is 3.34. The Morgan fingerprint density at radius 2 is 2.12 bits per heavy atom. The highest BCUT2D eigenvalue weighted by Gasteiger charge is 2.01. The molecule has 0 saturated carbocycles. The molecule has 0 fully saturated rings. The zero-order valence-corrected chi connectivity index (χ0v) is 9.31. The lowest BCUT2D eigenvalue weighted by Crippen LogP contribution is -2.25. The highest BCUT2D eigenvalue weighted by molar-refractivity contribution is 7.80. The van der Waals surface area contributed by atoms with Crippen LogP contribution in [0.2, 0.25) is 0 Å². The second-order valence-electron chi connectivity index (χ2n) is 2.90. The van der Waals surface area contributed by atoms with Crippen LogP contribution in [0, 0.1) is 0 Å². The van der Waals surface area contributed by atoms with Gasteiger partial charge in [0.05, 0.1) is 5.71 Å². The first-order valence-corrected chi connectivity index (χ1v) is 4.98. The zero-order valence-electron chi connectivity index (χ0n) is 8.50. The van der Waals surface area contributed by atoms with Crippen molar-refractivity contribution in [2.24, 2.45) is 16.0 Å². The molecule has 1 aromatic rings. The van der Waals surface area contributed by atoms with Crippen LogP contribution < -0.4 is 11.2 Å². The molecule has 0 aliphatic rings. The third kappa shape index (κ3) is 4.05. The third-order valence-corrected chi connectivity index (χ3v) is 1.87. The molecule has 0 heterocycles. The Bertz CT molecular complexity index is 403. The molecule has 0 aromatic heterocycles. The molecule has 0 unspecified atom stereocenters. The highest BCUT2D eigenvalue weighted by Crippen LogP contribution is 2.03. The molecule has 0 saturated heterocycles. The van der Waals surface area contributed by atoms with Crippen molar-refractivity contribution in [2.75, 3.05) is 0 Å². The van der Waals surface area contributed by atoms with E-state index in [0.29, 0.717) is 12.1 Å². The fourth-order valence-electron chi connectivity index (χ4n) is 1.11. The summed E-state index contributed by atoms with van der Waals surface area (Å²) in [6.45, 7) is 0. The van der Waals surface area contributed by atoms with Gasteiger partial charge in [-0.1, -0.05) is 30.3 Å². The van der Waals surface area contributed by atoms with Crippen molar-refractivity contribution >= 4 is 29.3 Å². The summed E-state index contributed by atoms with van der Waals surface area (Å²) in [5.74, 6) is 0. The van der Waals surface area contributed by atoms with Crippen LogP contribution in [0.4, 0.5) is 0 Å². The number of nitrogens with zero attached hydrogens (tertiary/aromatic N) is 2. The number of nitrogens with one attached hydrogen (secondary N) is 1. The number of rotatable bonds is 4. The Hall–Kier alpha value is -1.95. The molecule has 0 aliphatic heterocycles. The molecule has 0 bridgehead atoms. The normalized spacial score (nSPS) is 11.6. The van der Waals surface area contributed by atoms with E-state index in [2.05, 4.69) is 27.9 Å². The van der Waals surface area contributed by atoms with Crippen molar-refractivity contribution in [3.8, 4) is 0 Å². The summed E-state index contributed by atoms with van der Waals surface area (Å²) in [6, 6.07) is 9.47. The number of hydrazone groups is 1. The molecule has 1 rings (SSSR count). The van der Waals surface area contributed by atoms with Gasteiger partial charge in [-0.05, 0) is 17.8 Å². The molecule has 84 valence electrons. The van der Waals surface area contributed by atoms with Crippen LogP contribution in [0.3, 0.4) is 0 Å². The van der Waals surface area contributed by atoms with Crippen LogP contribution in [0.25, 0.3) is 0 Å². The number of oxime groups is 1. The van der Waals surface area contributed by atoms with Gasteiger partial charge in [-0.3, -0.25) is 5.43 Å². The second kappa shape index (κ2) is 6.52. The average Bonchev–Trinajstić information content (AvgIpc) is 2.30. The fraction of sp³-hybridized carbons (Fsp3) is 0.100. The van der Waals surface area contributed by atoms with E-state index in [0.717, 1.165) is 5.56 Å². The van der Waals surface area contributed by atoms with Crippen LogP contribution in [-0.4, -0.2) is 22.2 Å². The van der Waals surface area contributed by atoms with Crippen molar-refractivity contribution in [3.05, 3.63) is 35.9 Å². The first-order valence-electron chi connectivity index (χ1n) is 4.57. The summed E-state index contributed by atoms with van der Waals surface area (Å²) in [6.07, 6.45) is 1.73. The van der Waals surface area contributed by atoms with Crippen molar-refractivity contribution < 1.29 is 5.21 Å². The van der Waals surface area contributed by atoms with Crippen molar-refractivity contribution in [1.29, 1.82) is 0 Å². The summed E-state index contributed by atoms with van der Waals surface area (Å²) in [4.78, 5) is 0. The van der Waals surface area contributed by atoms with Gasteiger partial charge in [-0.25, -0.2) is 0 Å². The molecule has 0 amide bonds. The smallest absolute Gasteiger partial charge is 0.184 e. The first kappa shape index (κ1) is 12.1. The first-order chi connectivity index (χ1) is 7.74. The Morgan fingerprint density at radius 3 is 2.69 bits per heavy atom. The van der Waals surface area contributed by atoms with Gasteiger partial charge in [0.1, 0.15) is 0 Å². The van der Waals surface area contributed by atoms with E-state index < -0.39 is 0 Å². The minimum Gasteiger partial charge on any atom is -0.411 e. The van der Waals surface area contributed by atoms with E-state index in [1.54, 1.807) is 0 Å². The Labute approximate surface area is 98.6 Å². The molecule has 0 spiro atoms. The number of benzene rings is 1. The summed E-state index contributed by atoms with van der Waals surface area (Å²) < 4.78 is 0. The lowest BCUT2D eigenvalue weighted by Gasteiger charge is -2.04. The predicted molar refractivity (Wildman–Crippen MR) is 67.8 cm³/mol. The molecule has 0 aliphatic carbocycles. The Morgan fingerprint density at radius 1 is 1.44 bits per heavy atom. The number of hydrogen-bond acceptors (Lipinski definition) is 4. The van der Waals surface area contributed by atoms with Crippen LogP contribution in [0.15, 0.2) is 40.6 Å². The molecule has 16 heavy (non-hydrogen) atoms. The molecule has 0 atom stereocenters. The van der Waals surface area contributed by atoms with Crippen LogP contribution >= 0.6 is 12.2 Å². The van der Waals surface area contributed by atoms with Gasteiger partial charge in [0.15, 0.2) is 5.11 Å². The zero-order chi connectivity index (χ0) is 11.8. The molecular weight excluding hydrogens is 224 g/mol. The quantitative estimate of drug-likeness (QED) is 0.316. The van der Waals surface area contributed by atoms with Gasteiger partial charge >= 0.3 is 0 Å². The van der Waals surface area contributed by atoms with Crippen molar-refractivity contribution in [2.45, 2.75) is 6.42 Å². The highest BCUT2D eigenvalue weighted by atomic mass is 32.1. The van der Waals surface area contributed by atoms with Gasteiger partial charge < -0.3 is 10.9 Å². The van der Waals surface area contributed by atoms with Gasteiger partial charge in [-0.2, -0.15) is 5.10 Å². The third-order valence-electron chi connectivity index (χ3n) is 1.77. The Balaban J connectivity index is 2.87. The minimum absolute atomic E-state index is 0.0920. The lowest BCUT2D eigenvalue weighted by atomic mass is 10.1. The minimum atomic E-state index is 0.0920. The maximum Gasteiger partial charge on any atom is 0.184 e. The number of hydrogen-bond donors (Lipinski definition) is 3. The van der Waals surface area contributed by atoms with Gasteiger partial charge in [0, 0.05) is 12.6 Å². The molecule has 0 radical (unpaired) electrons. The van der Waals surface area contributed by atoms with Crippen LogP contribution in [-0.2, 0) is 0 Å². The largest absolute Gasteiger partial charge is 0.411 e. The number of nitrogens with two attached hydrogens (primary N) is 1. The summed E-state index contributed by atoms with van der Waals surface area (Å²) in [5, 5.41) is 15.4. The van der Waals surface area contributed by atoms with E-state index in [4.69, 9.17) is 10.9 Å². The van der Waals surface area contributed by atoms with Gasteiger partial charge in [0.2, 0.25) is 0 Å². The molecule has 4 N–H and O–H groups in total. The van der Waals surface area contributed by atoms with E-state index in [9.17, 15) is 0 Å². The predicted octanol–water partition coefficient (Wildman–Crippen LogP) is 1.07. The van der Waals surface area contributed by atoms with Crippen LogP contribution in [0.5, 0.6) is 0 Å². The van der Waals surface area contributed by atoms with Gasteiger partial charge in [-0.15, -0.1) is 5.16 Å². The maximum atomic E-state index is 8.38. The van der Waals surface area contributed by atoms with Gasteiger partial charge in [0.25, 0.3) is 0 Å². The van der Waals surface area contributed by atoms with Crippen molar-refractivity contribution in [1.82, 2.24) is 5.43 Å². The summed E-state index contributed by atoms with van der Waals surface area (Å²) in [7, 11) is 0. The standard InChI is InChI=1S/C10H12N4OS/c11-10(16)14-13-9(6-7-12-15)8-4-2-1-3-5-8/h1-5,7,15H,6H2,(H3,11,14,16)/b12-7+,13-9-. The molecule has 1 aromatic carbocycles. The van der Waals surface area contributed by atoms with Crippen molar-refractivity contribution in [3.63, 3.8) is 0 Å². The van der Waals surface area contributed by atoms with E-state index in [-0.39, 0.29) is 5.11 Å². The summed E-state index contributed by atoms with van der Waals surface area (Å²) >= 11 is 4.65.